The van der Waals surface area contributed by atoms with Crippen LogP contribution in [0.5, 0.6) is 0 Å². The van der Waals surface area contributed by atoms with Crippen LogP contribution < -0.4 is 5.32 Å². The molecule has 1 amide bonds. The molecule has 0 aromatic carbocycles. The van der Waals surface area contributed by atoms with E-state index in [0.29, 0.717) is 5.69 Å². The number of amides is 1. The first-order valence-electron chi connectivity index (χ1n) is 5.94. The first kappa shape index (κ1) is 11.9. The number of anilines is 1. The van der Waals surface area contributed by atoms with Crippen molar-refractivity contribution in [2.24, 2.45) is 11.8 Å². The highest BCUT2D eigenvalue weighted by atomic mass is 16.5. The van der Waals surface area contributed by atoms with Crippen molar-refractivity contribution >= 4 is 17.6 Å². The van der Waals surface area contributed by atoms with Crippen LogP contribution in [-0.2, 0) is 14.3 Å². The number of carboxylic acids is 1. The highest BCUT2D eigenvalue weighted by molar-refractivity contribution is 5.96. The number of hydrogen-bond donors (Lipinski definition) is 2. The summed E-state index contributed by atoms with van der Waals surface area (Å²) < 4.78 is 5.45. The van der Waals surface area contributed by atoms with Crippen molar-refractivity contribution < 1.29 is 19.4 Å². The monoisotopic (exact) mass is 260 g/mol. The second-order valence-corrected chi connectivity index (χ2v) is 4.57. The number of carbonyl (C=O) groups excluding carboxylic acids is 1. The van der Waals surface area contributed by atoms with Crippen LogP contribution in [0.3, 0.4) is 0 Å². The minimum absolute atomic E-state index is 0.350. The van der Waals surface area contributed by atoms with Gasteiger partial charge in [0, 0.05) is 6.20 Å². The number of nitrogens with one attached hydrogen (secondary N) is 1. The third-order valence-electron chi connectivity index (χ3n) is 3.42. The van der Waals surface area contributed by atoms with Crippen molar-refractivity contribution in [3.05, 3.63) is 36.7 Å². The van der Waals surface area contributed by atoms with Gasteiger partial charge in [0.1, 0.15) is 5.92 Å². The summed E-state index contributed by atoms with van der Waals surface area (Å²) in [7, 11) is 0. The molecule has 6 heteroatoms. The molecule has 0 saturated carbocycles. The summed E-state index contributed by atoms with van der Waals surface area (Å²) in [6.45, 7) is 0. The molecule has 1 aromatic rings. The van der Waals surface area contributed by atoms with E-state index in [0.717, 1.165) is 0 Å². The predicted octanol–water partition coefficient (Wildman–Crippen LogP) is 0.674. The summed E-state index contributed by atoms with van der Waals surface area (Å²) in [6.07, 6.45) is 5.60. The molecule has 1 aromatic heterocycles. The van der Waals surface area contributed by atoms with Crippen LogP contribution in [0.1, 0.15) is 0 Å². The third kappa shape index (κ3) is 2.00. The smallest absolute Gasteiger partial charge is 0.310 e. The molecule has 0 aliphatic carbocycles. The van der Waals surface area contributed by atoms with Gasteiger partial charge in [-0.1, -0.05) is 12.2 Å². The highest BCUT2D eigenvalue weighted by Crippen LogP contribution is 2.39. The first-order chi connectivity index (χ1) is 9.16. The molecule has 2 bridgehead atoms. The van der Waals surface area contributed by atoms with Crippen LogP contribution in [0.2, 0.25) is 0 Å². The molecule has 2 N–H and O–H groups in total. The predicted molar refractivity (Wildman–Crippen MR) is 65.3 cm³/mol. The molecular formula is C13H12N2O4. The van der Waals surface area contributed by atoms with Crippen LogP contribution in [0.15, 0.2) is 36.7 Å². The number of ether oxygens (including phenoxy) is 1. The fourth-order valence-electron chi connectivity index (χ4n) is 2.58. The Labute approximate surface area is 109 Å². The maximum atomic E-state index is 12.2. The summed E-state index contributed by atoms with van der Waals surface area (Å²) in [4.78, 5) is 27.3. The normalized spacial score (nSPS) is 31.4. The Morgan fingerprint density at radius 1 is 1.26 bits per heavy atom. The standard InChI is InChI=1S/C13H12N2O4/c16-12(15-7-2-1-5-14-6-7)10-8-3-4-9(19-8)11(10)13(17)18/h1-6,8-11H,(H,15,16)(H,17,18)/t8-,9-,10+,11-/m0/s1. The van der Waals surface area contributed by atoms with Crippen molar-refractivity contribution in [1.29, 1.82) is 0 Å². The second kappa shape index (κ2) is 4.47. The molecule has 3 heterocycles. The molecule has 4 atom stereocenters. The number of nitrogens with zero attached hydrogens (tertiary/aromatic N) is 1. The summed E-state index contributed by atoms with van der Waals surface area (Å²) in [5.74, 6) is -2.89. The van der Waals surface area contributed by atoms with Crippen molar-refractivity contribution in [3.63, 3.8) is 0 Å². The topological polar surface area (TPSA) is 88.5 Å². The van der Waals surface area contributed by atoms with Gasteiger partial charge in [0.2, 0.25) is 5.91 Å². The number of aliphatic carboxylic acids is 1. The molecule has 0 spiro atoms. The minimum atomic E-state index is -1.01. The number of carboxylic acid groups (broad SMARTS) is 1. The third-order valence-corrected chi connectivity index (χ3v) is 3.42. The molecule has 6 nitrogen and oxygen atoms in total. The lowest BCUT2D eigenvalue weighted by Crippen LogP contribution is -2.39. The summed E-state index contributed by atoms with van der Waals surface area (Å²) in [6, 6.07) is 3.39. The quantitative estimate of drug-likeness (QED) is 0.780. The number of fused-ring (bicyclic) bond motifs is 2. The molecule has 0 unspecified atom stereocenters. The van der Waals surface area contributed by atoms with Gasteiger partial charge in [0.25, 0.3) is 0 Å². The average molecular weight is 260 g/mol. The van der Waals surface area contributed by atoms with Crippen molar-refractivity contribution in [1.82, 2.24) is 4.98 Å². The maximum absolute atomic E-state index is 12.2. The fourth-order valence-corrected chi connectivity index (χ4v) is 2.58. The van der Waals surface area contributed by atoms with E-state index in [1.807, 2.05) is 0 Å². The lowest BCUT2D eigenvalue weighted by molar-refractivity contribution is -0.145. The van der Waals surface area contributed by atoms with E-state index in [1.54, 1.807) is 30.5 Å². The maximum Gasteiger partial charge on any atom is 0.310 e. The van der Waals surface area contributed by atoms with E-state index in [-0.39, 0.29) is 5.91 Å². The molecule has 19 heavy (non-hydrogen) atoms. The fraction of sp³-hybridized carbons (Fsp3) is 0.308. The highest BCUT2D eigenvalue weighted by Gasteiger charge is 2.53. The van der Waals surface area contributed by atoms with Gasteiger partial charge in [0.05, 0.1) is 30.0 Å². The number of carbonyl (C=O) groups is 2. The molecule has 1 saturated heterocycles. The first-order valence-corrected chi connectivity index (χ1v) is 5.94. The van der Waals surface area contributed by atoms with Crippen molar-refractivity contribution in [3.8, 4) is 0 Å². The van der Waals surface area contributed by atoms with Crippen molar-refractivity contribution in [2.75, 3.05) is 5.32 Å². The van der Waals surface area contributed by atoms with E-state index in [1.165, 1.54) is 6.20 Å². The molecule has 1 fully saturated rings. The Bertz CT molecular complexity index is 543. The van der Waals surface area contributed by atoms with Gasteiger partial charge in [0.15, 0.2) is 0 Å². The lowest BCUT2D eigenvalue weighted by atomic mass is 9.82. The zero-order valence-electron chi connectivity index (χ0n) is 9.89. The van der Waals surface area contributed by atoms with Crippen LogP contribution in [0.25, 0.3) is 0 Å². The zero-order chi connectivity index (χ0) is 13.4. The summed E-state index contributed by atoms with van der Waals surface area (Å²) >= 11 is 0. The Morgan fingerprint density at radius 3 is 2.63 bits per heavy atom. The number of aromatic nitrogens is 1. The van der Waals surface area contributed by atoms with E-state index in [4.69, 9.17) is 4.74 Å². The van der Waals surface area contributed by atoms with Crippen LogP contribution in [0, 0.1) is 11.8 Å². The van der Waals surface area contributed by atoms with Gasteiger partial charge >= 0.3 is 5.97 Å². The molecule has 3 rings (SSSR count). The molecule has 98 valence electrons. The minimum Gasteiger partial charge on any atom is -0.481 e. The van der Waals surface area contributed by atoms with Gasteiger partial charge in [-0.05, 0) is 12.1 Å². The Hall–Kier alpha value is -2.21. The Balaban J connectivity index is 1.79. The van der Waals surface area contributed by atoms with Gasteiger partial charge in [-0.25, -0.2) is 0 Å². The van der Waals surface area contributed by atoms with Gasteiger partial charge in [-0.3, -0.25) is 14.6 Å². The van der Waals surface area contributed by atoms with Crippen molar-refractivity contribution in [2.45, 2.75) is 12.2 Å². The van der Waals surface area contributed by atoms with E-state index >= 15 is 0 Å². The number of rotatable bonds is 3. The molecular weight excluding hydrogens is 248 g/mol. The molecule has 2 aliphatic rings. The van der Waals surface area contributed by atoms with E-state index in [2.05, 4.69) is 10.3 Å². The number of hydrogen-bond acceptors (Lipinski definition) is 4. The van der Waals surface area contributed by atoms with E-state index in [9.17, 15) is 14.7 Å². The van der Waals surface area contributed by atoms with Gasteiger partial charge < -0.3 is 15.2 Å². The molecule has 2 aliphatic heterocycles. The van der Waals surface area contributed by atoms with Gasteiger partial charge in [-0.15, -0.1) is 0 Å². The van der Waals surface area contributed by atoms with E-state index < -0.39 is 30.0 Å². The van der Waals surface area contributed by atoms with Crippen LogP contribution in [-0.4, -0.2) is 34.2 Å². The zero-order valence-corrected chi connectivity index (χ0v) is 9.89. The molecule has 0 radical (unpaired) electrons. The Morgan fingerprint density at radius 2 is 2.00 bits per heavy atom. The number of pyridine rings is 1. The summed E-state index contributed by atoms with van der Waals surface area (Å²) in [5, 5.41) is 11.9. The largest absolute Gasteiger partial charge is 0.481 e. The van der Waals surface area contributed by atoms with Crippen LogP contribution in [0.4, 0.5) is 5.69 Å². The summed E-state index contributed by atoms with van der Waals surface area (Å²) in [5.41, 5.74) is 0.545. The second-order valence-electron chi connectivity index (χ2n) is 4.57. The Kier molecular flexibility index (Phi) is 2.79. The van der Waals surface area contributed by atoms with Crippen LogP contribution >= 0.6 is 0 Å². The van der Waals surface area contributed by atoms with Gasteiger partial charge in [-0.2, -0.15) is 0 Å². The average Bonchev–Trinajstić information content (AvgIpc) is 2.99. The lowest BCUT2D eigenvalue weighted by Gasteiger charge is -2.20. The SMILES string of the molecule is O=C(O)[C@@H]1[C@H](C(=O)Nc2cccnc2)[C@@H]2C=C[C@@H]1O2.